The molecule has 0 amide bonds. The van der Waals surface area contributed by atoms with Crippen LogP contribution in [-0.4, -0.2) is 17.1 Å². The fourth-order valence-electron chi connectivity index (χ4n) is 2.23. The molecule has 106 valence electrons. The fourth-order valence-corrected chi connectivity index (χ4v) is 3.19. The molecule has 0 aliphatic rings. The zero-order valence-electron chi connectivity index (χ0n) is 11.7. The van der Waals surface area contributed by atoms with Crippen LogP contribution in [0.5, 0.6) is 5.75 Å². The molecule has 4 heteroatoms. The van der Waals surface area contributed by atoms with Crippen LogP contribution in [0.4, 0.5) is 5.82 Å². The average Bonchev–Trinajstić information content (AvgIpc) is 2.55. The first-order valence-corrected chi connectivity index (χ1v) is 7.73. The van der Waals surface area contributed by atoms with Crippen LogP contribution < -0.4 is 5.32 Å². The highest BCUT2D eigenvalue weighted by atomic mass is 32.2. The van der Waals surface area contributed by atoms with Gasteiger partial charge in [0.1, 0.15) is 11.6 Å². The summed E-state index contributed by atoms with van der Waals surface area (Å²) in [5.41, 5.74) is 1.03. The van der Waals surface area contributed by atoms with E-state index in [0.717, 1.165) is 32.9 Å². The van der Waals surface area contributed by atoms with Crippen LogP contribution >= 0.6 is 11.8 Å². The molecule has 0 unspecified atom stereocenters. The van der Waals surface area contributed by atoms with Gasteiger partial charge in [0.25, 0.3) is 0 Å². The van der Waals surface area contributed by atoms with Crippen LogP contribution in [0, 0.1) is 0 Å². The first kappa shape index (κ1) is 13.8. The molecule has 3 nitrogen and oxygen atoms in total. The summed E-state index contributed by atoms with van der Waals surface area (Å²) in [7, 11) is 1.87. The highest BCUT2D eigenvalue weighted by Gasteiger charge is 2.06. The normalized spacial score (nSPS) is 10.7. The van der Waals surface area contributed by atoms with Crippen molar-refractivity contribution in [2.24, 2.45) is 0 Å². The molecule has 21 heavy (non-hydrogen) atoms. The lowest BCUT2D eigenvalue weighted by Gasteiger charge is -2.08. The number of fused-ring (bicyclic) bond motifs is 1. The second kappa shape index (κ2) is 6.06. The molecule has 0 atom stereocenters. The fraction of sp³-hybridized carbons (Fsp3) is 0.118. The molecule has 3 aromatic rings. The molecule has 2 aromatic carbocycles. The van der Waals surface area contributed by atoms with Gasteiger partial charge in [-0.25, -0.2) is 4.98 Å². The van der Waals surface area contributed by atoms with Gasteiger partial charge in [-0.15, -0.1) is 11.8 Å². The molecule has 2 N–H and O–H groups in total. The first-order valence-electron chi connectivity index (χ1n) is 6.75. The Morgan fingerprint density at radius 1 is 1.00 bits per heavy atom. The summed E-state index contributed by atoms with van der Waals surface area (Å²) in [6.45, 7) is 0. The van der Waals surface area contributed by atoms with Crippen LogP contribution in [0.1, 0.15) is 5.69 Å². The van der Waals surface area contributed by atoms with Gasteiger partial charge < -0.3 is 10.4 Å². The van der Waals surface area contributed by atoms with E-state index in [4.69, 9.17) is 0 Å². The highest BCUT2D eigenvalue weighted by molar-refractivity contribution is 7.98. The number of phenolic OH excluding ortho intramolecular Hbond substituents is 1. The van der Waals surface area contributed by atoms with Crippen molar-refractivity contribution in [3.05, 3.63) is 60.3 Å². The van der Waals surface area contributed by atoms with E-state index in [2.05, 4.69) is 10.3 Å². The molecular weight excluding hydrogens is 280 g/mol. The number of aromatic nitrogens is 1. The molecule has 3 rings (SSSR count). The SMILES string of the molecule is CNc1cccc(CSc2ccc(O)c3ccccc23)n1. The quantitative estimate of drug-likeness (QED) is 0.706. The molecule has 0 aliphatic heterocycles. The molecule has 0 radical (unpaired) electrons. The number of pyridine rings is 1. The second-order valence-corrected chi connectivity index (χ2v) is 5.70. The van der Waals surface area contributed by atoms with Gasteiger partial charge in [0, 0.05) is 23.1 Å². The van der Waals surface area contributed by atoms with Crippen molar-refractivity contribution in [1.82, 2.24) is 4.98 Å². The summed E-state index contributed by atoms with van der Waals surface area (Å²) in [6, 6.07) is 17.6. The molecular formula is C17H16N2OS. The van der Waals surface area contributed by atoms with Gasteiger partial charge in [-0.1, -0.05) is 30.3 Å². The minimum absolute atomic E-state index is 0.324. The van der Waals surface area contributed by atoms with Crippen molar-refractivity contribution >= 4 is 28.4 Å². The van der Waals surface area contributed by atoms with Gasteiger partial charge in [0.2, 0.25) is 0 Å². The van der Waals surface area contributed by atoms with Crippen molar-refractivity contribution in [3.8, 4) is 5.75 Å². The van der Waals surface area contributed by atoms with Crippen LogP contribution in [0.15, 0.2) is 59.5 Å². The van der Waals surface area contributed by atoms with Gasteiger partial charge in [-0.05, 0) is 29.7 Å². The Balaban J connectivity index is 1.87. The summed E-state index contributed by atoms with van der Waals surface area (Å²) in [6.07, 6.45) is 0. The number of nitrogens with one attached hydrogen (secondary N) is 1. The Morgan fingerprint density at radius 3 is 2.62 bits per heavy atom. The van der Waals surface area contributed by atoms with Crippen LogP contribution in [0.25, 0.3) is 10.8 Å². The number of benzene rings is 2. The van der Waals surface area contributed by atoms with Crippen molar-refractivity contribution in [2.45, 2.75) is 10.6 Å². The lowest BCUT2D eigenvalue weighted by molar-refractivity contribution is 0.481. The summed E-state index contributed by atoms with van der Waals surface area (Å²) >= 11 is 1.73. The van der Waals surface area contributed by atoms with Gasteiger partial charge in [-0.3, -0.25) is 0 Å². The third-order valence-electron chi connectivity index (χ3n) is 3.30. The minimum Gasteiger partial charge on any atom is -0.507 e. The van der Waals surface area contributed by atoms with E-state index in [-0.39, 0.29) is 0 Å². The van der Waals surface area contributed by atoms with Crippen molar-refractivity contribution in [3.63, 3.8) is 0 Å². The van der Waals surface area contributed by atoms with Crippen molar-refractivity contribution < 1.29 is 5.11 Å². The van der Waals surface area contributed by atoms with Crippen molar-refractivity contribution in [1.29, 1.82) is 0 Å². The van der Waals surface area contributed by atoms with E-state index in [0.29, 0.717) is 5.75 Å². The zero-order chi connectivity index (χ0) is 14.7. The third kappa shape index (κ3) is 2.95. The smallest absolute Gasteiger partial charge is 0.125 e. The molecule has 0 saturated carbocycles. The van der Waals surface area contributed by atoms with E-state index < -0.39 is 0 Å². The van der Waals surface area contributed by atoms with Gasteiger partial charge in [0.15, 0.2) is 0 Å². The summed E-state index contributed by atoms with van der Waals surface area (Å²) in [5.74, 6) is 2.00. The number of thioether (sulfide) groups is 1. The lowest BCUT2D eigenvalue weighted by atomic mass is 10.1. The van der Waals surface area contributed by atoms with Crippen LogP contribution in [0.3, 0.4) is 0 Å². The summed E-state index contributed by atoms with van der Waals surface area (Å²) in [5, 5.41) is 14.9. The number of hydrogen-bond donors (Lipinski definition) is 2. The second-order valence-electron chi connectivity index (χ2n) is 4.68. The van der Waals surface area contributed by atoms with Crippen LogP contribution in [0.2, 0.25) is 0 Å². The van der Waals surface area contributed by atoms with E-state index in [1.165, 1.54) is 0 Å². The monoisotopic (exact) mass is 296 g/mol. The summed E-state index contributed by atoms with van der Waals surface area (Å²) in [4.78, 5) is 5.68. The average molecular weight is 296 g/mol. The first-order chi connectivity index (χ1) is 10.3. The van der Waals surface area contributed by atoms with Crippen LogP contribution in [-0.2, 0) is 5.75 Å². The number of anilines is 1. The molecule has 0 fully saturated rings. The highest BCUT2D eigenvalue weighted by Crippen LogP contribution is 2.34. The predicted octanol–water partition coefficient (Wildman–Crippen LogP) is 4.27. The maximum absolute atomic E-state index is 9.92. The number of rotatable bonds is 4. The molecule has 0 saturated heterocycles. The zero-order valence-corrected chi connectivity index (χ0v) is 12.5. The van der Waals surface area contributed by atoms with Gasteiger partial charge >= 0.3 is 0 Å². The van der Waals surface area contributed by atoms with Gasteiger partial charge in [-0.2, -0.15) is 0 Å². The van der Waals surface area contributed by atoms with Gasteiger partial charge in [0.05, 0.1) is 5.69 Å². The number of aromatic hydroxyl groups is 1. The number of phenols is 1. The Hall–Kier alpha value is -2.20. The van der Waals surface area contributed by atoms with E-state index in [1.54, 1.807) is 17.8 Å². The standard InChI is InChI=1S/C17H16N2OS/c1-18-17-8-4-5-12(19-17)11-21-16-10-9-15(20)13-6-2-3-7-14(13)16/h2-10,20H,11H2,1H3,(H,18,19). The lowest BCUT2D eigenvalue weighted by Crippen LogP contribution is -1.94. The molecule has 0 aliphatic carbocycles. The topological polar surface area (TPSA) is 45.1 Å². The van der Waals surface area contributed by atoms with E-state index >= 15 is 0 Å². The Kier molecular flexibility index (Phi) is 3.97. The largest absolute Gasteiger partial charge is 0.507 e. The van der Waals surface area contributed by atoms with E-state index in [9.17, 15) is 5.11 Å². The summed E-state index contributed by atoms with van der Waals surface area (Å²) < 4.78 is 0. The number of nitrogens with zero attached hydrogens (tertiary/aromatic N) is 1. The molecule has 0 spiro atoms. The molecule has 1 heterocycles. The predicted molar refractivity (Wildman–Crippen MR) is 89.0 cm³/mol. The van der Waals surface area contributed by atoms with Crippen molar-refractivity contribution in [2.75, 3.05) is 12.4 Å². The van der Waals surface area contributed by atoms with E-state index in [1.807, 2.05) is 55.6 Å². The third-order valence-corrected chi connectivity index (χ3v) is 4.41. The Labute approximate surface area is 128 Å². The number of hydrogen-bond acceptors (Lipinski definition) is 4. The maximum Gasteiger partial charge on any atom is 0.125 e. The molecule has 1 aromatic heterocycles. The maximum atomic E-state index is 9.92. The Morgan fingerprint density at radius 2 is 1.81 bits per heavy atom. The Bertz CT molecular complexity index is 774. The minimum atomic E-state index is 0.324. The molecule has 0 bridgehead atoms.